The van der Waals surface area contributed by atoms with Gasteiger partial charge in [0.2, 0.25) is 11.8 Å². The fourth-order valence-electron chi connectivity index (χ4n) is 8.27. The molecule has 0 spiro atoms. The highest BCUT2D eigenvalue weighted by Gasteiger charge is 2.23. The normalized spacial score (nSPS) is 11.6. The van der Waals surface area contributed by atoms with Gasteiger partial charge in [-0.15, -0.1) is 10.2 Å². The molecule has 0 saturated heterocycles. The maximum Gasteiger partial charge on any atom is 0.250 e. The van der Waals surface area contributed by atoms with Crippen LogP contribution in [0.3, 0.4) is 0 Å². The number of aromatic nitrogens is 4. The summed E-state index contributed by atoms with van der Waals surface area (Å²) in [6.07, 6.45) is 0. The van der Waals surface area contributed by atoms with Gasteiger partial charge in [0.05, 0.1) is 33.2 Å². The summed E-state index contributed by atoms with van der Waals surface area (Å²) in [5, 5.41) is 14.1. The van der Waals surface area contributed by atoms with Crippen LogP contribution in [0, 0.1) is 0 Å². The van der Waals surface area contributed by atoms with Crippen LogP contribution < -0.4 is 0 Å². The topological polar surface area (TPSA) is 48.8 Å². The van der Waals surface area contributed by atoms with Gasteiger partial charge in [-0.1, -0.05) is 146 Å². The van der Waals surface area contributed by atoms with E-state index in [2.05, 4.69) is 203 Å². The van der Waals surface area contributed by atoms with Crippen molar-refractivity contribution in [2.45, 2.75) is 0 Å². The second-order valence-electron chi connectivity index (χ2n) is 13.9. The van der Waals surface area contributed by atoms with Gasteiger partial charge in [-0.25, -0.2) is 0 Å². The standard InChI is InChI=1S/C50H32N4O/c1-3-15-33(16-4-1)35-19-11-21-37(31-35)53-45-29-9-7-23-39(45)41-25-13-27-43(47(41)53)49-51-52-50(55-49)44-28-14-26-42-40-24-8-10-30-46(40)54(48(42)44)38-22-12-20-36(32-38)34-17-5-2-6-18-34/h1-32H. The molecule has 0 atom stereocenters. The van der Waals surface area contributed by atoms with Gasteiger partial charge in [-0.3, -0.25) is 0 Å². The number of para-hydroxylation sites is 4. The van der Waals surface area contributed by atoms with Gasteiger partial charge in [0.1, 0.15) is 0 Å². The van der Waals surface area contributed by atoms with E-state index < -0.39 is 0 Å². The lowest BCUT2D eigenvalue weighted by molar-refractivity contribution is 0.585. The van der Waals surface area contributed by atoms with Crippen molar-refractivity contribution in [1.29, 1.82) is 0 Å². The minimum atomic E-state index is 0.467. The lowest BCUT2D eigenvalue weighted by Gasteiger charge is -2.12. The average Bonchev–Trinajstić information content (AvgIpc) is 3.98. The van der Waals surface area contributed by atoms with Gasteiger partial charge in [-0.05, 0) is 70.8 Å². The maximum absolute atomic E-state index is 6.78. The molecule has 0 aliphatic carbocycles. The molecule has 258 valence electrons. The van der Waals surface area contributed by atoms with E-state index in [4.69, 9.17) is 14.6 Å². The molecule has 5 nitrogen and oxygen atoms in total. The highest BCUT2D eigenvalue weighted by Crippen LogP contribution is 2.41. The minimum Gasteiger partial charge on any atom is -0.416 e. The van der Waals surface area contributed by atoms with Crippen molar-refractivity contribution in [1.82, 2.24) is 19.3 Å². The lowest BCUT2D eigenvalue weighted by atomic mass is 10.0. The second kappa shape index (κ2) is 12.6. The number of nitrogens with zero attached hydrogens (tertiary/aromatic N) is 4. The summed E-state index contributed by atoms with van der Waals surface area (Å²) < 4.78 is 11.4. The number of fused-ring (bicyclic) bond motifs is 6. The van der Waals surface area contributed by atoms with Gasteiger partial charge in [0.25, 0.3) is 0 Å². The molecule has 11 aromatic rings. The van der Waals surface area contributed by atoms with Crippen molar-refractivity contribution in [3.63, 3.8) is 0 Å². The van der Waals surface area contributed by atoms with Gasteiger partial charge < -0.3 is 13.6 Å². The summed E-state index contributed by atoms with van der Waals surface area (Å²) in [6.45, 7) is 0. The molecule has 8 aromatic carbocycles. The summed E-state index contributed by atoms with van der Waals surface area (Å²) >= 11 is 0. The van der Waals surface area contributed by atoms with Crippen LogP contribution in [0.4, 0.5) is 0 Å². The first-order valence-electron chi connectivity index (χ1n) is 18.5. The zero-order chi connectivity index (χ0) is 36.3. The van der Waals surface area contributed by atoms with E-state index in [-0.39, 0.29) is 0 Å². The summed E-state index contributed by atoms with van der Waals surface area (Å²) in [7, 11) is 0. The molecule has 55 heavy (non-hydrogen) atoms. The number of hydrogen-bond donors (Lipinski definition) is 0. The first-order chi connectivity index (χ1) is 27.3. The molecule has 0 N–H and O–H groups in total. The predicted octanol–water partition coefficient (Wildman–Crippen LogP) is 12.9. The Bertz CT molecular complexity index is 2990. The highest BCUT2D eigenvalue weighted by atomic mass is 16.4. The van der Waals surface area contributed by atoms with Crippen molar-refractivity contribution in [2.75, 3.05) is 0 Å². The van der Waals surface area contributed by atoms with E-state index in [0.717, 1.165) is 77.2 Å². The Balaban J connectivity index is 1.11. The van der Waals surface area contributed by atoms with Crippen LogP contribution in [-0.2, 0) is 0 Å². The van der Waals surface area contributed by atoms with Gasteiger partial charge in [0, 0.05) is 32.9 Å². The summed E-state index contributed by atoms with van der Waals surface area (Å²) in [4.78, 5) is 0. The van der Waals surface area contributed by atoms with E-state index in [1.54, 1.807) is 0 Å². The van der Waals surface area contributed by atoms with E-state index in [1.807, 2.05) is 0 Å². The average molecular weight is 705 g/mol. The number of benzene rings is 8. The van der Waals surface area contributed by atoms with Crippen LogP contribution in [0.15, 0.2) is 199 Å². The van der Waals surface area contributed by atoms with Crippen LogP contribution >= 0.6 is 0 Å². The third-order valence-corrected chi connectivity index (χ3v) is 10.7. The van der Waals surface area contributed by atoms with Crippen molar-refractivity contribution in [3.8, 4) is 56.5 Å². The smallest absolute Gasteiger partial charge is 0.250 e. The van der Waals surface area contributed by atoms with Crippen LogP contribution in [0.25, 0.3) is 100 Å². The van der Waals surface area contributed by atoms with Crippen molar-refractivity contribution in [2.24, 2.45) is 0 Å². The molecule has 3 aromatic heterocycles. The van der Waals surface area contributed by atoms with Crippen LogP contribution in [-0.4, -0.2) is 19.3 Å². The van der Waals surface area contributed by atoms with Gasteiger partial charge in [0.15, 0.2) is 0 Å². The molecule has 0 bridgehead atoms. The highest BCUT2D eigenvalue weighted by molar-refractivity contribution is 6.14. The molecule has 5 heteroatoms. The van der Waals surface area contributed by atoms with Crippen LogP contribution in [0.1, 0.15) is 0 Å². The lowest BCUT2D eigenvalue weighted by Crippen LogP contribution is -1.96. The Labute approximate surface area is 317 Å². The summed E-state index contributed by atoms with van der Waals surface area (Å²) in [5.41, 5.74) is 12.8. The molecule has 3 heterocycles. The predicted molar refractivity (Wildman–Crippen MR) is 225 cm³/mol. The Morgan fingerprint density at radius 3 is 1.18 bits per heavy atom. The Kier molecular flexibility index (Phi) is 7.10. The Hall–Kier alpha value is -7.50. The molecule has 0 saturated carbocycles. The quantitative estimate of drug-likeness (QED) is 0.173. The first kappa shape index (κ1) is 31.1. The van der Waals surface area contributed by atoms with Crippen molar-refractivity contribution in [3.05, 3.63) is 194 Å². The molecular formula is C50H32N4O. The Morgan fingerprint density at radius 2 is 0.709 bits per heavy atom. The van der Waals surface area contributed by atoms with E-state index in [0.29, 0.717) is 11.8 Å². The van der Waals surface area contributed by atoms with E-state index in [9.17, 15) is 0 Å². The first-order valence-corrected chi connectivity index (χ1v) is 18.5. The van der Waals surface area contributed by atoms with Crippen molar-refractivity contribution >= 4 is 43.6 Å². The molecule has 0 aliphatic heterocycles. The fraction of sp³-hybridized carbons (Fsp3) is 0. The Morgan fingerprint density at radius 1 is 0.327 bits per heavy atom. The maximum atomic E-state index is 6.78. The van der Waals surface area contributed by atoms with Crippen LogP contribution in [0.2, 0.25) is 0 Å². The summed E-state index contributed by atoms with van der Waals surface area (Å²) in [5.74, 6) is 0.934. The van der Waals surface area contributed by atoms with Crippen molar-refractivity contribution < 1.29 is 4.42 Å². The third kappa shape index (κ3) is 5.02. The molecule has 11 rings (SSSR count). The zero-order valence-electron chi connectivity index (χ0n) is 29.7. The second-order valence-corrected chi connectivity index (χ2v) is 13.9. The molecule has 0 aliphatic rings. The number of rotatable bonds is 6. The number of hydrogen-bond acceptors (Lipinski definition) is 3. The molecular weight excluding hydrogens is 673 g/mol. The molecule has 0 unspecified atom stereocenters. The molecule has 0 amide bonds. The third-order valence-electron chi connectivity index (χ3n) is 10.7. The summed E-state index contributed by atoms with van der Waals surface area (Å²) in [6, 6.07) is 68.2. The van der Waals surface area contributed by atoms with Gasteiger partial charge >= 0.3 is 0 Å². The molecule has 0 radical (unpaired) electrons. The molecule has 0 fully saturated rings. The minimum absolute atomic E-state index is 0.467. The SMILES string of the molecule is c1ccc(-c2cccc(-n3c4ccccc4c4cccc(-c5nnc(-c6cccc7c8ccccc8n(-c8cccc(-c9ccccc9)c8)c67)o5)c43)c2)cc1. The van der Waals surface area contributed by atoms with Gasteiger partial charge in [-0.2, -0.15) is 0 Å². The monoisotopic (exact) mass is 704 g/mol. The van der Waals surface area contributed by atoms with E-state index in [1.165, 1.54) is 11.1 Å². The fourth-order valence-corrected chi connectivity index (χ4v) is 8.27. The van der Waals surface area contributed by atoms with E-state index >= 15 is 0 Å². The largest absolute Gasteiger partial charge is 0.416 e. The van der Waals surface area contributed by atoms with Crippen LogP contribution in [0.5, 0.6) is 0 Å². The zero-order valence-corrected chi connectivity index (χ0v) is 29.7.